The van der Waals surface area contributed by atoms with Crippen molar-refractivity contribution in [2.24, 2.45) is 11.1 Å². The Hall–Kier alpha value is -0.710. The van der Waals surface area contributed by atoms with E-state index < -0.39 is 23.1 Å². The van der Waals surface area contributed by atoms with Crippen LogP contribution in [-0.2, 0) is 0 Å². The monoisotopic (exact) mass is 251 g/mol. The molecular weight excluding hydrogens is 236 g/mol. The van der Waals surface area contributed by atoms with E-state index in [1.807, 2.05) is 0 Å². The minimum Gasteiger partial charge on any atom is -0.396 e. The molecule has 0 saturated carbocycles. The molecular formula is C11H16ClF2NO. The van der Waals surface area contributed by atoms with Gasteiger partial charge in [0.05, 0.1) is 0 Å². The fraction of sp³-hybridized carbons (Fsp3) is 0.455. The summed E-state index contributed by atoms with van der Waals surface area (Å²) in [5.74, 6) is -1.32. The van der Waals surface area contributed by atoms with Crippen LogP contribution in [0, 0.1) is 17.0 Å². The van der Waals surface area contributed by atoms with Gasteiger partial charge >= 0.3 is 0 Å². The van der Waals surface area contributed by atoms with Crippen LogP contribution in [0.5, 0.6) is 0 Å². The number of aliphatic hydroxyl groups is 1. The van der Waals surface area contributed by atoms with E-state index in [-0.39, 0.29) is 19.0 Å². The second-order valence-electron chi connectivity index (χ2n) is 4.33. The van der Waals surface area contributed by atoms with Crippen LogP contribution < -0.4 is 5.73 Å². The average Bonchev–Trinajstić information content (AvgIpc) is 2.15. The van der Waals surface area contributed by atoms with Crippen LogP contribution in [0.3, 0.4) is 0 Å². The Morgan fingerprint density at radius 1 is 1.25 bits per heavy atom. The Balaban J connectivity index is 0.00000225. The van der Waals surface area contributed by atoms with E-state index >= 15 is 0 Å². The predicted octanol–water partition coefficient (Wildman–Crippen LogP) is 2.40. The maximum atomic E-state index is 12.9. The standard InChI is InChI=1S/C11H15F2NO.ClH/c1-11(2,6-15)10(14)7-3-8(12)5-9(13)4-7;/h3-5,10,15H,6,14H2,1-2H3;1H/t10-;/m0./s1. The average molecular weight is 252 g/mol. The summed E-state index contributed by atoms with van der Waals surface area (Å²) >= 11 is 0. The summed E-state index contributed by atoms with van der Waals surface area (Å²) in [5, 5.41) is 9.10. The van der Waals surface area contributed by atoms with E-state index in [0.29, 0.717) is 5.56 Å². The van der Waals surface area contributed by atoms with Crippen LogP contribution in [0.15, 0.2) is 18.2 Å². The van der Waals surface area contributed by atoms with Crippen molar-refractivity contribution in [3.8, 4) is 0 Å². The normalized spacial score (nSPS) is 13.1. The smallest absolute Gasteiger partial charge is 0.126 e. The minimum absolute atomic E-state index is 0. The van der Waals surface area contributed by atoms with Crippen molar-refractivity contribution in [3.05, 3.63) is 35.4 Å². The van der Waals surface area contributed by atoms with E-state index in [1.54, 1.807) is 13.8 Å². The van der Waals surface area contributed by atoms with Crippen LogP contribution in [0.2, 0.25) is 0 Å². The number of nitrogens with two attached hydrogens (primary N) is 1. The van der Waals surface area contributed by atoms with Gasteiger partial charge < -0.3 is 10.8 Å². The molecule has 0 aliphatic carbocycles. The topological polar surface area (TPSA) is 46.2 Å². The van der Waals surface area contributed by atoms with E-state index in [0.717, 1.165) is 6.07 Å². The number of aliphatic hydroxyl groups excluding tert-OH is 1. The molecule has 0 amide bonds. The van der Waals surface area contributed by atoms with Gasteiger partial charge in [0, 0.05) is 24.1 Å². The molecule has 0 fully saturated rings. The predicted molar refractivity (Wildman–Crippen MR) is 61.4 cm³/mol. The van der Waals surface area contributed by atoms with Crippen LogP contribution in [0.1, 0.15) is 25.5 Å². The van der Waals surface area contributed by atoms with E-state index in [2.05, 4.69) is 0 Å². The first-order valence-electron chi connectivity index (χ1n) is 4.69. The molecule has 0 heterocycles. The molecule has 1 aromatic rings. The first kappa shape index (κ1) is 15.3. The molecule has 0 saturated heterocycles. The van der Waals surface area contributed by atoms with Gasteiger partial charge in [-0.15, -0.1) is 12.4 Å². The van der Waals surface area contributed by atoms with Crippen LogP contribution in [0.4, 0.5) is 8.78 Å². The lowest BCUT2D eigenvalue weighted by atomic mass is 9.82. The van der Waals surface area contributed by atoms with Gasteiger partial charge in [-0.2, -0.15) is 0 Å². The Bertz CT molecular complexity index is 338. The van der Waals surface area contributed by atoms with E-state index in [9.17, 15) is 8.78 Å². The zero-order valence-electron chi connectivity index (χ0n) is 9.21. The molecule has 0 bridgehead atoms. The molecule has 0 aliphatic rings. The van der Waals surface area contributed by atoms with Gasteiger partial charge in [-0.05, 0) is 17.7 Å². The van der Waals surface area contributed by atoms with Crippen molar-refractivity contribution in [2.75, 3.05) is 6.61 Å². The lowest BCUT2D eigenvalue weighted by Gasteiger charge is -2.29. The molecule has 3 N–H and O–H groups in total. The first-order valence-corrected chi connectivity index (χ1v) is 4.69. The maximum absolute atomic E-state index is 12.9. The largest absolute Gasteiger partial charge is 0.396 e. The lowest BCUT2D eigenvalue weighted by Crippen LogP contribution is -2.32. The van der Waals surface area contributed by atoms with Crippen molar-refractivity contribution in [2.45, 2.75) is 19.9 Å². The van der Waals surface area contributed by atoms with Gasteiger partial charge in [-0.25, -0.2) is 8.78 Å². The molecule has 0 aliphatic heterocycles. The highest BCUT2D eigenvalue weighted by molar-refractivity contribution is 5.85. The molecule has 1 atom stereocenters. The van der Waals surface area contributed by atoms with Crippen LogP contribution in [-0.4, -0.2) is 11.7 Å². The van der Waals surface area contributed by atoms with Gasteiger partial charge in [0.25, 0.3) is 0 Å². The second kappa shape index (κ2) is 5.57. The number of halogens is 3. The number of rotatable bonds is 3. The van der Waals surface area contributed by atoms with Crippen molar-refractivity contribution in [1.82, 2.24) is 0 Å². The molecule has 0 aromatic heterocycles. The molecule has 0 spiro atoms. The lowest BCUT2D eigenvalue weighted by molar-refractivity contribution is 0.132. The summed E-state index contributed by atoms with van der Waals surface area (Å²) in [6.45, 7) is 3.33. The summed E-state index contributed by atoms with van der Waals surface area (Å²) in [6.07, 6.45) is 0. The van der Waals surface area contributed by atoms with Crippen molar-refractivity contribution < 1.29 is 13.9 Å². The summed E-state index contributed by atoms with van der Waals surface area (Å²) in [6, 6.07) is 2.56. The highest BCUT2D eigenvalue weighted by Gasteiger charge is 2.27. The summed E-state index contributed by atoms with van der Waals surface area (Å²) in [4.78, 5) is 0. The SMILES string of the molecule is CC(C)(CO)[C@@H](N)c1cc(F)cc(F)c1.Cl. The Morgan fingerprint density at radius 2 is 1.69 bits per heavy atom. The third-order valence-electron chi connectivity index (χ3n) is 2.49. The Kier molecular flexibility index (Phi) is 5.32. The molecule has 0 radical (unpaired) electrons. The molecule has 1 aromatic carbocycles. The van der Waals surface area contributed by atoms with E-state index in [4.69, 9.17) is 10.8 Å². The maximum Gasteiger partial charge on any atom is 0.126 e. The summed E-state index contributed by atoms with van der Waals surface area (Å²) in [5.41, 5.74) is 5.57. The highest BCUT2D eigenvalue weighted by Crippen LogP contribution is 2.31. The van der Waals surface area contributed by atoms with Gasteiger partial charge in [0.2, 0.25) is 0 Å². The van der Waals surface area contributed by atoms with Gasteiger partial charge in [0.1, 0.15) is 11.6 Å². The van der Waals surface area contributed by atoms with Crippen LogP contribution in [0.25, 0.3) is 0 Å². The Labute approximate surface area is 99.9 Å². The zero-order valence-corrected chi connectivity index (χ0v) is 10.0. The molecule has 0 unspecified atom stereocenters. The Morgan fingerprint density at radius 3 is 2.06 bits per heavy atom. The third-order valence-corrected chi connectivity index (χ3v) is 2.49. The van der Waals surface area contributed by atoms with Crippen LogP contribution >= 0.6 is 12.4 Å². The number of hydrogen-bond acceptors (Lipinski definition) is 2. The van der Waals surface area contributed by atoms with Crippen molar-refractivity contribution in [3.63, 3.8) is 0 Å². The fourth-order valence-electron chi connectivity index (χ4n) is 1.30. The highest BCUT2D eigenvalue weighted by atomic mass is 35.5. The summed E-state index contributed by atoms with van der Waals surface area (Å²) < 4.78 is 25.8. The number of hydrogen-bond donors (Lipinski definition) is 2. The zero-order chi connectivity index (χ0) is 11.6. The number of benzene rings is 1. The van der Waals surface area contributed by atoms with Crippen molar-refractivity contribution in [1.29, 1.82) is 0 Å². The quantitative estimate of drug-likeness (QED) is 0.867. The summed E-state index contributed by atoms with van der Waals surface area (Å²) in [7, 11) is 0. The fourth-order valence-corrected chi connectivity index (χ4v) is 1.30. The first-order chi connectivity index (χ1) is 6.86. The third kappa shape index (κ3) is 3.40. The molecule has 2 nitrogen and oxygen atoms in total. The van der Waals surface area contributed by atoms with Crippen molar-refractivity contribution >= 4 is 12.4 Å². The molecule has 92 valence electrons. The van der Waals surface area contributed by atoms with E-state index in [1.165, 1.54) is 12.1 Å². The van der Waals surface area contributed by atoms with Gasteiger partial charge in [-0.1, -0.05) is 13.8 Å². The van der Waals surface area contributed by atoms with Gasteiger partial charge in [0.15, 0.2) is 0 Å². The molecule has 1 rings (SSSR count). The molecule has 5 heteroatoms. The molecule has 16 heavy (non-hydrogen) atoms. The minimum atomic E-state index is -0.658. The van der Waals surface area contributed by atoms with Gasteiger partial charge in [-0.3, -0.25) is 0 Å². The second-order valence-corrected chi connectivity index (χ2v) is 4.33.